The Kier molecular flexibility index (Phi) is 5.25. The summed E-state index contributed by atoms with van der Waals surface area (Å²) >= 11 is 0. The largest absolute Gasteiger partial charge is 0.388 e. The summed E-state index contributed by atoms with van der Waals surface area (Å²) in [4.78, 5) is 2.33. The summed E-state index contributed by atoms with van der Waals surface area (Å²) in [6.07, 6.45) is 3.21. The molecule has 1 rings (SSSR count). The number of likely N-dealkylation sites (tertiary alicyclic amines) is 1. The molecular formula is C8H18ClN3. The molecule has 1 fully saturated rings. The number of amidine groups is 1. The van der Waals surface area contributed by atoms with Gasteiger partial charge in [-0.1, -0.05) is 0 Å². The molecule has 1 aliphatic heterocycles. The van der Waals surface area contributed by atoms with Crippen LogP contribution in [0.3, 0.4) is 0 Å². The fourth-order valence-corrected chi connectivity index (χ4v) is 1.58. The van der Waals surface area contributed by atoms with Crippen LogP contribution in [0.5, 0.6) is 0 Å². The van der Waals surface area contributed by atoms with E-state index in [2.05, 4.69) is 11.9 Å². The van der Waals surface area contributed by atoms with Crippen molar-refractivity contribution in [2.45, 2.75) is 19.3 Å². The highest BCUT2D eigenvalue weighted by atomic mass is 35.5. The Morgan fingerprint density at radius 2 is 2.00 bits per heavy atom. The summed E-state index contributed by atoms with van der Waals surface area (Å²) in [5, 5.41) is 7.15. The fraction of sp³-hybridized carbons (Fsp3) is 0.875. The molecule has 1 saturated heterocycles. The van der Waals surface area contributed by atoms with Crippen molar-refractivity contribution in [1.29, 1.82) is 5.41 Å². The molecule has 0 amide bonds. The first-order valence-corrected chi connectivity index (χ1v) is 4.20. The third-order valence-corrected chi connectivity index (χ3v) is 2.35. The first-order chi connectivity index (χ1) is 5.18. The lowest BCUT2D eigenvalue weighted by atomic mass is 9.93. The molecule has 12 heavy (non-hydrogen) atoms. The zero-order valence-corrected chi connectivity index (χ0v) is 8.36. The van der Waals surface area contributed by atoms with Gasteiger partial charge in [-0.15, -0.1) is 12.4 Å². The van der Waals surface area contributed by atoms with Crippen molar-refractivity contribution in [1.82, 2.24) is 4.90 Å². The Labute approximate surface area is 80.2 Å². The smallest absolute Gasteiger partial charge is 0.0908 e. The number of rotatable bonds is 2. The molecule has 72 valence electrons. The molecule has 0 atom stereocenters. The molecule has 0 bridgehead atoms. The molecule has 0 unspecified atom stereocenters. The van der Waals surface area contributed by atoms with Crippen LogP contribution in [0.4, 0.5) is 0 Å². The monoisotopic (exact) mass is 191 g/mol. The van der Waals surface area contributed by atoms with Crippen molar-refractivity contribution in [3.63, 3.8) is 0 Å². The third-order valence-electron chi connectivity index (χ3n) is 2.35. The Morgan fingerprint density at radius 3 is 2.42 bits per heavy atom. The molecule has 4 heteroatoms. The van der Waals surface area contributed by atoms with E-state index in [1.54, 1.807) is 0 Å². The molecule has 0 saturated carbocycles. The third kappa shape index (κ3) is 3.93. The number of halogens is 1. The Balaban J connectivity index is 0.00000121. The van der Waals surface area contributed by atoms with Crippen LogP contribution in [-0.4, -0.2) is 30.9 Å². The second-order valence-corrected chi connectivity index (χ2v) is 3.48. The number of hydrogen-bond acceptors (Lipinski definition) is 2. The zero-order chi connectivity index (χ0) is 8.27. The number of hydrogen-bond donors (Lipinski definition) is 2. The van der Waals surface area contributed by atoms with Crippen molar-refractivity contribution in [3.8, 4) is 0 Å². The van der Waals surface area contributed by atoms with Gasteiger partial charge in [-0.2, -0.15) is 0 Å². The lowest BCUT2D eigenvalue weighted by Crippen LogP contribution is -2.31. The van der Waals surface area contributed by atoms with Gasteiger partial charge in [0.25, 0.3) is 0 Å². The highest BCUT2D eigenvalue weighted by molar-refractivity contribution is 5.85. The lowest BCUT2D eigenvalue weighted by Gasteiger charge is -2.28. The Morgan fingerprint density at radius 1 is 1.50 bits per heavy atom. The van der Waals surface area contributed by atoms with Gasteiger partial charge in [-0.3, -0.25) is 5.41 Å². The van der Waals surface area contributed by atoms with Crippen LogP contribution in [0.25, 0.3) is 0 Å². The maximum Gasteiger partial charge on any atom is 0.0908 e. The first kappa shape index (κ1) is 11.7. The molecule has 0 aromatic heterocycles. The van der Waals surface area contributed by atoms with Gasteiger partial charge in [-0.25, -0.2) is 0 Å². The average molecular weight is 192 g/mol. The van der Waals surface area contributed by atoms with E-state index in [-0.39, 0.29) is 12.4 Å². The summed E-state index contributed by atoms with van der Waals surface area (Å²) in [5.74, 6) is 1.02. The first-order valence-electron chi connectivity index (χ1n) is 4.20. The second kappa shape index (κ2) is 5.38. The van der Waals surface area contributed by atoms with Crippen molar-refractivity contribution in [2.24, 2.45) is 11.7 Å². The number of piperidine rings is 1. The van der Waals surface area contributed by atoms with E-state index in [4.69, 9.17) is 11.1 Å². The molecule has 0 spiro atoms. The summed E-state index contributed by atoms with van der Waals surface area (Å²) in [7, 11) is 2.14. The van der Waals surface area contributed by atoms with E-state index in [0.29, 0.717) is 11.8 Å². The molecule has 3 nitrogen and oxygen atoms in total. The number of nitrogens with two attached hydrogens (primary N) is 1. The van der Waals surface area contributed by atoms with Crippen molar-refractivity contribution in [2.75, 3.05) is 20.1 Å². The van der Waals surface area contributed by atoms with Gasteiger partial charge >= 0.3 is 0 Å². The molecule has 3 N–H and O–H groups in total. The molecule has 0 aliphatic carbocycles. The van der Waals surface area contributed by atoms with Crippen molar-refractivity contribution < 1.29 is 0 Å². The standard InChI is InChI=1S/C8H17N3.ClH/c1-11-4-2-7(3-5-11)6-8(9)10;/h7H,2-6H2,1H3,(H3,9,10);1H. The van der Waals surface area contributed by atoms with Crippen LogP contribution in [0.1, 0.15) is 19.3 Å². The van der Waals surface area contributed by atoms with Gasteiger partial charge in [0.2, 0.25) is 0 Å². The van der Waals surface area contributed by atoms with E-state index in [0.717, 1.165) is 19.5 Å². The van der Waals surface area contributed by atoms with Crippen molar-refractivity contribution >= 4 is 18.2 Å². The van der Waals surface area contributed by atoms with E-state index in [1.807, 2.05) is 0 Å². The van der Waals surface area contributed by atoms with Crippen molar-refractivity contribution in [3.05, 3.63) is 0 Å². The van der Waals surface area contributed by atoms with Crippen LogP contribution in [0.15, 0.2) is 0 Å². The number of nitrogens with one attached hydrogen (secondary N) is 1. The molecule has 0 radical (unpaired) electrons. The van der Waals surface area contributed by atoms with Gasteiger partial charge < -0.3 is 10.6 Å². The summed E-state index contributed by atoms with van der Waals surface area (Å²) in [6.45, 7) is 2.33. The van der Waals surface area contributed by atoms with Crippen LogP contribution >= 0.6 is 12.4 Å². The average Bonchev–Trinajstić information content (AvgIpc) is 1.93. The van der Waals surface area contributed by atoms with E-state index in [1.165, 1.54) is 12.8 Å². The van der Waals surface area contributed by atoms with Crippen LogP contribution < -0.4 is 5.73 Å². The van der Waals surface area contributed by atoms with Gasteiger partial charge in [0, 0.05) is 6.42 Å². The topological polar surface area (TPSA) is 53.1 Å². The zero-order valence-electron chi connectivity index (χ0n) is 7.55. The second-order valence-electron chi connectivity index (χ2n) is 3.48. The van der Waals surface area contributed by atoms with Gasteiger partial charge in [0.05, 0.1) is 5.84 Å². The SMILES string of the molecule is CN1CCC(CC(=N)N)CC1.Cl. The minimum Gasteiger partial charge on any atom is -0.388 e. The Hall–Kier alpha value is -0.280. The summed E-state index contributed by atoms with van der Waals surface area (Å²) < 4.78 is 0. The molecule has 0 aromatic carbocycles. The van der Waals surface area contributed by atoms with Gasteiger partial charge in [0.1, 0.15) is 0 Å². The van der Waals surface area contributed by atoms with E-state index >= 15 is 0 Å². The van der Waals surface area contributed by atoms with Crippen LogP contribution in [0.2, 0.25) is 0 Å². The van der Waals surface area contributed by atoms with Gasteiger partial charge in [0.15, 0.2) is 0 Å². The summed E-state index contributed by atoms with van der Waals surface area (Å²) in [6, 6.07) is 0. The molecule has 0 aromatic rings. The van der Waals surface area contributed by atoms with Crippen LogP contribution in [-0.2, 0) is 0 Å². The van der Waals surface area contributed by atoms with Gasteiger partial charge in [-0.05, 0) is 38.9 Å². The minimum atomic E-state index is 0. The predicted molar refractivity (Wildman–Crippen MR) is 54.0 cm³/mol. The number of nitrogens with zero attached hydrogens (tertiary/aromatic N) is 1. The van der Waals surface area contributed by atoms with Crippen LogP contribution in [0, 0.1) is 11.3 Å². The highest BCUT2D eigenvalue weighted by Gasteiger charge is 2.16. The lowest BCUT2D eigenvalue weighted by molar-refractivity contribution is 0.223. The minimum absolute atomic E-state index is 0. The summed E-state index contributed by atoms with van der Waals surface area (Å²) in [5.41, 5.74) is 5.33. The maximum atomic E-state index is 7.15. The van der Waals surface area contributed by atoms with E-state index in [9.17, 15) is 0 Å². The normalized spacial score (nSPS) is 20.1. The maximum absolute atomic E-state index is 7.15. The van der Waals surface area contributed by atoms with E-state index < -0.39 is 0 Å². The fourth-order valence-electron chi connectivity index (χ4n) is 1.58. The highest BCUT2D eigenvalue weighted by Crippen LogP contribution is 2.18. The Bertz CT molecular complexity index is 141. The molecule has 1 aliphatic rings. The predicted octanol–water partition coefficient (Wildman–Crippen LogP) is 1.08. The molecular weight excluding hydrogens is 174 g/mol. The molecule has 1 heterocycles. The quantitative estimate of drug-likeness (QED) is 0.507.